The van der Waals surface area contributed by atoms with Gasteiger partial charge in [-0.15, -0.1) is 0 Å². The number of allylic oxidation sites excluding steroid dienone is 5. The number of carbonyl (C=O) groups excluding carboxylic acids is 3. The largest absolute Gasteiger partial charge is 0.513 e. The van der Waals surface area contributed by atoms with E-state index in [1.54, 1.807) is 26.8 Å². The number of ether oxygens (including phenoxy) is 3. The number of aliphatic hydroxyl groups excluding tert-OH is 4. The van der Waals surface area contributed by atoms with Crippen LogP contribution in [0.25, 0.3) is 0 Å². The van der Waals surface area contributed by atoms with Gasteiger partial charge in [0.2, 0.25) is 0 Å². The fourth-order valence-corrected chi connectivity index (χ4v) is 8.79. The molecular weight excluding hydrogens is 716 g/mol. The van der Waals surface area contributed by atoms with Crippen LogP contribution in [0.5, 0.6) is 0 Å². The Bertz CT molecular complexity index is 1440. The predicted octanol–water partition coefficient (Wildman–Crippen LogP) is 6.57. The van der Waals surface area contributed by atoms with Gasteiger partial charge >= 0.3 is 5.97 Å². The van der Waals surface area contributed by atoms with Gasteiger partial charge in [0.25, 0.3) is 0 Å². The lowest BCUT2D eigenvalue weighted by molar-refractivity contribution is -0.364. The number of esters is 1. The first-order valence-corrected chi connectivity index (χ1v) is 20.9. The third-order valence-electron chi connectivity index (χ3n) is 13.2. The quantitative estimate of drug-likeness (QED) is 0.151. The molecule has 0 amide bonds. The second kappa shape index (κ2) is 20.3. The number of aliphatic hydroxyl groups is 5. The van der Waals surface area contributed by atoms with Crippen LogP contribution in [0.15, 0.2) is 48.3 Å². The van der Waals surface area contributed by atoms with Crippen molar-refractivity contribution in [2.75, 3.05) is 0 Å². The molecule has 3 heterocycles. The lowest BCUT2D eigenvalue weighted by Gasteiger charge is -2.55. The van der Waals surface area contributed by atoms with Crippen LogP contribution in [0.3, 0.4) is 0 Å². The van der Waals surface area contributed by atoms with Gasteiger partial charge in [0.05, 0.1) is 36.3 Å². The maximum atomic E-state index is 13.5. The molecule has 11 heteroatoms. The molecule has 318 valence electrons. The summed E-state index contributed by atoms with van der Waals surface area (Å²) in [6.07, 6.45) is 11.0. The summed E-state index contributed by atoms with van der Waals surface area (Å²) >= 11 is 0. The predicted molar refractivity (Wildman–Crippen MR) is 215 cm³/mol. The van der Waals surface area contributed by atoms with Crippen LogP contribution in [-0.4, -0.2) is 91.1 Å². The van der Waals surface area contributed by atoms with E-state index in [9.17, 15) is 39.9 Å². The Hall–Kier alpha value is -2.67. The van der Waals surface area contributed by atoms with Gasteiger partial charge in [0.1, 0.15) is 17.5 Å². The molecule has 0 aliphatic carbocycles. The van der Waals surface area contributed by atoms with E-state index in [4.69, 9.17) is 14.2 Å². The molecule has 2 saturated heterocycles. The minimum Gasteiger partial charge on any atom is -0.513 e. The summed E-state index contributed by atoms with van der Waals surface area (Å²) < 4.78 is 19.9. The average molecular weight is 789 g/mol. The van der Waals surface area contributed by atoms with Gasteiger partial charge < -0.3 is 39.7 Å². The number of Topliss-reactive ketones (excluding diaryl/α,β-unsaturated/α-hetero) is 2. The SMILES string of the molecule is CC[C@@H]1C=CC=CC[C@H](C)[C@@H](O)[C@](C)(O)C(=O)[C@H](C)[C@@H](O)[C@H](C)C(=O)[C@H](C)[C@@H](O)[C@H](C)C=CC(=O)O[C@H]2[C@@H](C)[C@@H](CC1)O[C@@]1(CC[C@@H](C)[C@@H](/C=C(/C)O)O1)[C@@H]2C. The van der Waals surface area contributed by atoms with Crippen molar-refractivity contribution in [3.05, 3.63) is 48.3 Å². The van der Waals surface area contributed by atoms with Gasteiger partial charge in [-0.2, -0.15) is 0 Å². The second-order valence-electron chi connectivity index (χ2n) is 17.6. The number of hydrogen-bond acceptors (Lipinski definition) is 11. The van der Waals surface area contributed by atoms with Crippen LogP contribution in [-0.2, 0) is 28.6 Å². The van der Waals surface area contributed by atoms with Gasteiger partial charge in [-0.3, -0.25) is 9.59 Å². The molecule has 5 N–H and O–H groups in total. The van der Waals surface area contributed by atoms with Crippen LogP contribution in [0.2, 0.25) is 0 Å². The summed E-state index contributed by atoms with van der Waals surface area (Å²) in [7, 11) is 0. The summed E-state index contributed by atoms with van der Waals surface area (Å²) in [5, 5.41) is 54.9. The van der Waals surface area contributed by atoms with Crippen molar-refractivity contribution in [3.8, 4) is 0 Å². The van der Waals surface area contributed by atoms with Gasteiger partial charge in [-0.25, -0.2) is 4.79 Å². The summed E-state index contributed by atoms with van der Waals surface area (Å²) in [6.45, 7) is 18.9. The zero-order chi connectivity index (χ0) is 42.3. The van der Waals surface area contributed by atoms with E-state index in [1.807, 2.05) is 32.1 Å². The first kappa shape index (κ1) is 47.7. The molecule has 1 spiro atoms. The highest BCUT2D eigenvalue weighted by Crippen LogP contribution is 2.48. The van der Waals surface area contributed by atoms with Gasteiger partial charge in [-0.1, -0.05) is 92.7 Å². The molecule has 0 unspecified atom stereocenters. The Morgan fingerprint density at radius 1 is 0.857 bits per heavy atom. The van der Waals surface area contributed by atoms with Crippen LogP contribution in [0, 0.1) is 53.3 Å². The summed E-state index contributed by atoms with van der Waals surface area (Å²) in [5.41, 5.74) is -2.19. The number of carbonyl (C=O) groups is 3. The zero-order valence-electron chi connectivity index (χ0n) is 35.6. The third-order valence-corrected chi connectivity index (χ3v) is 13.2. The fraction of sp³-hybridized carbons (Fsp3) is 0.756. The summed E-state index contributed by atoms with van der Waals surface area (Å²) in [5.74, 6) is -7.34. The molecular formula is C45H72O11. The van der Waals surface area contributed by atoms with E-state index >= 15 is 0 Å². The Balaban J connectivity index is 2.00. The fourth-order valence-electron chi connectivity index (χ4n) is 8.79. The molecule has 0 aromatic heterocycles. The van der Waals surface area contributed by atoms with Crippen molar-refractivity contribution in [2.24, 2.45) is 53.3 Å². The third kappa shape index (κ3) is 11.3. The van der Waals surface area contributed by atoms with E-state index in [0.29, 0.717) is 19.3 Å². The maximum absolute atomic E-state index is 13.5. The molecule has 3 rings (SSSR count). The van der Waals surface area contributed by atoms with Crippen molar-refractivity contribution in [3.63, 3.8) is 0 Å². The van der Waals surface area contributed by atoms with Crippen LogP contribution in [0.4, 0.5) is 0 Å². The van der Waals surface area contributed by atoms with Crippen LogP contribution >= 0.6 is 0 Å². The maximum Gasteiger partial charge on any atom is 0.330 e. The normalized spacial score (nSPS) is 44.8. The molecule has 56 heavy (non-hydrogen) atoms. The molecule has 0 radical (unpaired) electrons. The van der Waals surface area contributed by atoms with Gasteiger partial charge in [0.15, 0.2) is 11.6 Å². The molecule has 17 atom stereocenters. The van der Waals surface area contributed by atoms with E-state index in [-0.39, 0.29) is 41.6 Å². The molecule has 0 aromatic rings. The lowest BCUT2D eigenvalue weighted by Crippen LogP contribution is -2.62. The second-order valence-corrected chi connectivity index (χ2v) is 17.6. The molecule has 2 fully saturated rings. The van der Waals surface area contributed by atoms with Crippen molar-refractivity contribution in [1.29, 1.82) is 0 Å². The topological polar surface area (TPSA) is 180 Å². The number of ketones is 2. The highest BCUT2D eigenvalue weighted by Gasteiger charge is 2.56. The highest BCUT2D eigenvalue weighted by atomic mass is 16.7. The molecule has 3 aliphatic rings. The zero-order valence-corrected chi connectivity index (χ0v) is 35.6. The minimum absolute atomic E-state index is 0.143. The highest BCUT2D eigenvalue weighted by molar-refractivity contribution is 5.91. The standard InChI is InChI=1S/C45H72O11/c1-12-34-17-15-13-14-16-27(4)42(51)44(11,53)43(52)32(9)40(50)31(8)39(49)30(7)38(48)26(3)18-21-37(47)54-41-29(6)35(20-19-34)55-45(33(41)10)23-22-25(2)36(56-45)24-28(5)46/h13-15,17-18,21,24-27,29-36,38,40-42,46,48,50-51,53H,12,16,19-20,22-23H2,1-11H3/b14-13?,17-15?,21-18?,28-24-/t25-,26-,27+,29+,30-,31-,32-,33-,34-,35-,36-,38+,40+,41+,42-,44+,45-/m1/s1. The Labute approximate surface area is 335 Å². The van der Waals surface area contributed by atoms with Crippen LogP contribution in [0.1, 0.15) is 115 Å². The molecule has 3 aliphatic heterocycles. The lowest BCUT2D eigenvalue weighted by atomic mass is 9.75. The molecule has 2 bridgehead atoms. The summed E-state index contributed by atoms with van der Waals surface area (Å²) in [6, 6.07) is 0. The van der Waals surface area contributed by atoms with E-state index < -0.39 is 82.9 Å². The van der Waals surface area contributed by atoms with Crippen molar-refractivity contribution in [1.82, 2.24) is 0 Å². The monoisotopic (exact) mass is 789 g/mol. The van der Waals surface area contributed by atoms with E-state index in [0.717, 1.165) is 19.3 Å². The molecule has 0 aromatic carbocycles. The van der Waals surface area contributed by atoms with E-state index in [2.05, 4.69) is 19.9 Å². The number of hydrogen-bond donors (Lipinski definition) is 5. The first-order valence-electron chi connectivity index (χ1n) is 20.9. The molecule has 0 saturated carbocycles. The van der Waals surface area contributed by atoms with E-state index in [1.165, 1.54) is 39.8 Å². The van der Waals surface area contributed by atoms with Crippen molar-refractivity contribution >= 4 is 17.5 Å². The van der Waals surface area contributed by atoms with Crippen molar-refractivity contribution in [2.45, 2.75) is 163 Å². The smallest absolute Gasteiger partial charge is 0.330 e. The first-order chi connectivity index (χ1) is 26.1. The van der Waals surface area contributed by atoms with Gasteiger partial charge in [0, 0.05) is 48.0 Å². The Morgan fingerprint density at radius 2 is 1.50 bits per heavy atom. The summed E-state index contributed by atoms with van der Waals surface area (Å²) in [4.78, 5) is 40.5. The Kier molecular flexibility index (Phi) is 17.3. The van der Waals surface area contributed by atoms with Crippen molar-refractivity contribution < 1.29 is 54.1 Å². The minimum atomic E-state index is -2.19. The Morgan fingerprint density at radius 3 is 2.12 bits per heavy atom. The number of fused-ring (bicyclic) bond motifs is 2. The van der Waals surface area contributed by atoms with Gasteiger partial charge in [-0.05, 0) is 69.8 Å². The molecule has 11 nitrogen and oxygen atoms in total. The average Bonchev–Trinajstić information content (AvgIpc) is 3.16. The van der Waals surface area contributed by atoms with Crippen LogP contribution < -0.4 is 0 Å². The number of rotatable bonds is 2.